The Kier molecular flexibility index (Phi) is 5.29. The Bertz CT molecular complexity index is 944. The normalized spacial score (nSPS) is 20.9. The number of pyridine rings is 1. The Morgan fingerprint density at radius 3 is 2.90 bits per heavy atom. The van der Waals surface area contributed by atoms with Crippen LogP contribution in [0, 0.1) is 6.92 Å². The molecule has 1 aromatic carbocycles. The van der Waals surface area contributed by atoms with Crippen LogP contribution < -0.4 is 5.32 Å². The second kappa shape index (κ2) is 8.03. The Labute approximate surface area is 169 Å². The topological polar surface area (TPSA) is 83.9 Å². The van der Waals surface area contributed by atoms with E-state index in [1.165, 1.54) is 0 Å². The van der Waals surface area contributed by atoms with Crippen molar-refractivity contribution in [3.05, 3.63) is 65.5 Å². The number of carbonyl (C=O) groups excluding carboxylic acids is 2. The van der Waals surface area contributed by atoms with Crippen molar-refractivity contribution in [3.8, 4) is 0 Å². The minimum atomic E-state index is -0.614. The fourth-order valence-corrected chi connectivity index (χ4v) is 3.90. The Hall–Kier alpha value is -3.22. The highest BCUT2D eigenvalue weighted by atomic mass is 16.7. The molecule has 150 valence electrons. The van der Waals surface area contributed by atoms with Gasteiger partial charge in [0.2, 0.25) is 0 Å². The van der Waals surface area contributed by atoms with E-state index >= 15 is 0 Å². The summed E-state index contributed by atoms with van der Waals surface area (Å²) < 4.78 is 0. The third kappa shape index (κ3) is 4.13. The first-order valence-electron chi connectivity index (χ1n) is 9.83. The van der Waals surface area contributed by atoms with Crippen molar-refractivity contribution >= 4 is 17.5 Å². The molecule has 2 aliphatic rings. The molecule has 4 rings (SSSR count). The van der Waals surface area contributed by atoms with Gasteiger partial charge in [0.05, 0.1) is 6.54 Å². The molecule has 2 amide bonds. The molecule has 0 bridgehead atoms. The molecule has 1 unspecified atom stereocenters. The van der Waals surface area contributed by atoms with Crippen molar-refractivity contribution in [2.75, 3.05) is 13.1 Å². The number of piperidine rings is 1. The lowest BCUT2D eigenvalue weighted by Crippen LogP contribution is -2.51. The highest BCUT2D eigenvalue weighted by Gasteiger charge is 2.45. The lowest BCUT2D eigenvalue weighted by atomic mass is 9.87. The lowest BCUT2D eigenvalue weighted by Gasteiger charge is -2.38. The summed E-state index contributed by atoms with van der Waals surface area (Å²) >= 11 is 0. The summed E-state index contributed by atoms with van der Waals surface area (Å²) in [4.78, 5) is 37.1. The van der Waals surface area contributed by atoms with E-state index in [2.05, 4.69) is 15.5 Å². The Morgan fingerprint density at radius 2 is 2.10 bits per heavy atom. The van der Waals surface area contributed by atoms with Gasteiger partial charge in [-0.1, -0.05) is 29.4 Å². The van der Waals surface area contributed by atoms with E-state index in [-0.39, 0.29) is 11.8 Å². The van der Waals surface area contributed by atoms with Crippen molar-refractivity contribution in [1.29, 1.82) is 0 Å². The van der Waals surface area contributed by atoms with Gasteiger partial charge in [-0.15, -0.1) is 0 Å². The van der Waals surface area contributed by atoms with Crippen LogP contribution in [0.4, 0.5) is 0 Å². The second-order valence-corrected chi connectivity index (χ2v) is 7.68. The van der Waals surface area contributed by atoms with E-state index in [0.717, 1.165) is 24.0 Å². The maximum atomic E-state index is 13.0. The van der Waals surface area contributed by atoms with E-state index in [0.29, 0.717) is 37.3 Å². The average molecular weight is 392 g/mol. The molecule has 1 saturated heterocycles. The molecule has 3 heterocycles. The monoisotopic (exact) mass is 392 g/mol. The van der Waals surface area contributed by atoms with Crippen LogP contribution in [0.3, 0.4) is 0 Å². The molecule has 29 heavy (non-hydrogen) atoms. The van der Waals surface area contributed by atoms with Crippen molar-refractivity contribution < 1.29 is 14.4 Å². The average Bonchev–Trinajstić information content (AvgIpc) is 3.16. The smallest absolute Gasteiger partial charge is 0.269 e. The predicted octanol–water partition coefficient (Wildman–Crippen LogP) is 2.46. The molecule has 2 aromatic rings. The van der Waals surface area contributed by atoms with Crippen LogP contribution >= 0.6 is 0 Å². The summed E-state index contributed by atoms with van der Waals surface area (Å²) in [5.41, 5.74) is 2.34. The Balaban J connectivity index is 1.38. The van der Waals surface area contributed by atoms with Crippen molar-refractivity contribution in [1.82, 2.24) is 15.2 Å². The van der Waals surface area contributed by atoms with Crippen LogP contribution in [-0.4, -0.2) is 46.1 Å². The molecule has 1 spiro atoms. The summed E-state index contributed by atoms with van der Waals surface area (Å²) in [5, 5.41) is 6.92. The van der Waals surface area contributed by atoms with Crippen molar-refractivity contribution in [2.24, 2.45) is 5.16 Å². The third-order valence-corrected chi connectivity index (χ3v) is 5.48. The molecule has 1 N–H and O–H groups in total. The molecule has 7 heteroatoms. The fraction of sp³-hybridized carbons (Fsp3) is 0.364. The number of hydrogen-bond donors (Lipinski definition) is 1. The van der Waals surface area contributed by atoms with Gasteiger partial charge in [-0.3, -0.25) is 14.6 Å². The zero-order valence-electron chi connectivity index (χ0n) is 16.4. The number of nitrogens with zero attached hydrogens (tertiary/aromatic N) is 3. The van der Waals surface area contributed by atoms with Gasteiger partial charge in [0.15, 0.2) is 5.60 Å². The predicted molar refractivity (Wildman–Crippen MR) is 108 cm³/mol. The highest BCUT2D eigenvalue weighted by Crippen LogP contribution is 2.34. The van der Waals surface area contributed by atoms with E-state index < -0.39 is 5.60 Å². The van der Waals surface area contributed by atoms with Crippen LogP contribution in [0.15, 0.2) is 53.9 Å². The molecular formula is C22H24N4O3. The number of hydrogen-bond acceptors (Lipinski definition) is 5. The zero-order valence-corrected chi connectivity index (χ0v) is 16.4. The van der Waals surface area contributed by atoms with Crippen LogP contribution in [0.25, 0.3) is 0 Å². The maximum Gasteiger partial charge on any atom is 0.269 e. The first kappa shape index (κ1) is 19.1. The summed E-state index contributed by atoms with van der Waals surface area (Å²) in [6, 6.07) is 11.3. The van der Waals surface area contributed by atoms with Gasteiger partial charge in [-0.25, -0.2) is 0 Å². The molecular weight excluding hydrogens is 368 g/mol. The number of amides is 2. The van der Waals surface area contributed by atoms with E-state index in [9.17, 15) is 9.59 Å². The first-order valence-corrected chi connectivity index (χ1v) is 9.83. The van der Waals surface area contributed by atoms with Gasteiger partial charge in [0, 0.05) is 37.5 Å². The number of rotatable bonds is 4. The van der Waals surface area contributed by atoms with E-state index in [1.807, 2.05) is 48.2 Å². The highest BCUT2D eigenvalue weighted by molar-refractivity contribution is 6.39. The zero-order chi connectivity index (χ0) is 20.3. The van der Waals surface area contributed by atoms with Crippen LogP contribution in [0.1, 0.15) is 40.7 Å². The largest absolute Gasteiger partial charge is 0.386 e. The molecule has 2 aliphatic heterocycles. The van der Waals surface area contributed by atoms with Gasteiger partial charge < -0.3 is 15.1 Å². The van der Waals surface area contributed by atoms with Crippen LogP contribution in [0.5, 0.6) is 0 Å². The molecule has 1 fully saturated rings. The molecule has 0 radical (unpaired) electrons. The fourth-order valence-electron chi connectivity index (χ4n) is 3.90. The summed E-state index contributed by atoms with van der Waals surface area (Å²) in [5.74, 6) is -0.242. The molecule has 1 aromatic heterocycles. The second-order valence-electron chi connectivity index (χ2n) is 7.68. The number of nitrogens with one attached hydrogen (secondary N) is 1. The number of carbonyl (C=O) groups is 2. The number of likely N-dealkylation sites (tertiary alicyclic amines) is 1. The van der Waals surface area contributed by atoms with Crippen molar-refractivity contribution in [3.63, 3.8) is 0 Å². The number of aromatic nitrogens is 1. The van der Waals surface area contributed by atoms with E-state index in [4.69, 9.17) is 4.84 Å². The quantitative estimate of drug-likeness (QED) is 0.866. The van der Waals surface area contributed by atoms with Gasteiger partial charge >= 0.3 is 0 Å². The number of aryl methyl sites for hydroxylation is 1. The summed E-state index contributed by atoms with van der Waals surface area (Å²) in [6.07, 6.45) is 5.40. The molecule has 0 saturated carbocycles. The Morgan fingerprint density at radius 1 is 1.24 bits per heavy atom. The standard InChI is InChI=1S/C22H24N4O3/c1-16-6-2-3-8-18(16)21(28)26-11-5-9-22(15-26)12-19(25-29-22)20(27)24-14-17-7-4-10-23-13-17/h2-4,6-8,10,13H,5,9,11-12,14-15H2,1H3,(H,24,27). The van der Waals surface area contributed by atoms with Crippen molar-refractivity contribution in [2.45, 2.75) is 38.3 Å². The van der Waals surface area contributed by atoms with E-state index in [1.54, 1.807) is 12.4 Å². The van der Waals surface area contributed by atoms with Gasteiger partial charge in [-0.2, -0.15) is 0 Å². The SMILES string of the molecule is Cc1ccccc1C(=O)N1CCCC2(CC(C(=O)NCc3cccnc3)=NO2)C1. The van der Waals surface area contributed by atoms with Crippen LogP contribution in [-0.2, 0) is 16.2 Å². The molecule has 7 nitrogen and oxygen atoms in total. The summed E-state index contributed by atoms with van der Waals surface area (Å²) in [7, 11) is 0. The van der Waals surface area contributed by atoms with Gasteiger partial charge in [0.1, 0.15) is 5.71 Å². The lowest BCUT2D eigenvalue weighted by molar-refractivity contribution is -0.115. The minimum absolute atomic E-state index is 0.000235. The summed E-state index contributed by atoms with van der Waals surface area (Å²) in [6.45, 7) is 3.44. The third-order valence-electron chi connectivity index (χ3n) is 5.48. The number of benzene rings is 1. The first-order chi connectivity index (χ1) is 14.1. The van der Waals surface area contributed by atoms with Gasteiger partial charge in [-0.05, 0) is 43.0 Å². The molecule has 1 atom stereocenters. The maximum absolute atomic E-state index is 13.0. The molecule has 0 aliphatic carbocycles. The van der Waals surface area contributed by atoms with Gasteiger partial charge in [0.25, 0.3) is 11.8 Å². The number of oxime groups is 1. The minimum Gasteiger partial charge on any atom is -0.386 e. The van der Waals surface area contributed by atoms with Crippen LogP contribution in [0.2, 0.25) is 0 Å².